The van der Waals surface area contributed by atoms with Crippen LogP contribution in [0.1, 0.15) is 11.1 Å². The van der Waals surface area contributed by atoms with Crippen molar-refractivity contribution in [1.29, 1.82) is 0 Å². The van der Waals surface area contributed by atoms with E-state index in [1.807, 2.05) is 0 Å². The lowest BCUT2D eigenvalue weighted by Crippen LogP contribution is -2.17. The summed E-state index contributed by atoms with van der Waals surface area (Å²) < 4.78 is 81.6. The van der Waals surface area contributed by atoms with Gasteiger partial charge in [-0.25, -0.2) is 0 Å². The van der Waals surface area contributed by atoms with E-state index in [2.05, 4.69) is 0 Å². The number of ether oxygens (including phenoxy) is 1. The van der Waals surface area contributed by atoms with E-state index in [0.29, 0.717) is 6.07 Å². The predicted octanol–water partition coefficient (Wildman–Crippen LogP) is 5.58. The van der Waals surface area contributed by atoms with Gasteiger partial charge in [0.1, 0.15) is 11.3 Å². The number of rotatable bonds is 2. The number of hydrogen-bond donors (Lipinski definition) is 0. The topological polar surface area (TPSA) is 9.23 Å². The molecule has 0 saturated carbocycles. The first-order valence-corrected chi connectivity index (χ1v) is 6.06. The fraction of sp³-hybridized carbons (Fsp3) is 0.167. The molecule has 1 aromatic carbocycles. The molecule has 0 aliphatic rings. The van der Waals surface area contributed by atoms with Crippen LogP contribution in [0.5, 0.6) is 10.8 Å². The van der Waals surface area contributed by atoms with Gasteiger partial charge in [-0.3, -0.25) is 0 Å². The standard InChI is InChI=1S/C12H6F6OS/c13-11(14,15)7-3-1-4-8(10(7)12(16,17)18)19-9-5-2-6-20-9/h1-6H. The molecule has 0 spiro atoms. The van der Waals surface area contributed by atoms with E-state index >= 15 is 0 Å². The van der Waals surface area contributed by atoms with Crippen molar-refractivity contribution >= 4 is 11.3 Å². The molecule has 1 heterocycles. The van der Waals surface area contributed by atoms with Gasteiger partial charge in [-0.2, -0.15) is 26.3 Å². The summed E-state index contributed by atoms with van der Waals surface area (Å²) in [6.07, 6.45) is -10.3. The fourth-order valence-corrected chi connectivity index (χ4v) is 2.16. The lowest BCUT2D eigenvalue weighted by atomic mass is 10.1. The number of alkyl halides is 6. The van der Waals surface area contributed by atoms with Gasteiger partial charge in [0.15, 0.2) is 5.06 Å². The third kappa shape index (κ3) is 3.06. The molecule has 0 aliphatic heterocycles. The molecule has 0 atom stereocenters. The van der Waals surface area contributed by atoms with Crippen LogP contribution < -0.4 is 4.74 Å². The average molecular weight is 312 g/mol. The summed E-state index contributed by atoms with van der Waals surface area (Å²) in [4.78, 5) is 0. The highest BCUT2D eigenvalue weighted by atomic mass is 32.1. The smallest absolute Gasteiger partial charge is 0.420 e. The maximum atomic E-state index is 12.9. The Morgan fingerprint density at radius 2 is 1.55 bits per heavy atom. The van der Waals surface area contributed by atoms with Crippen LogP contribution in [0.25, 0.3) is 0 Å². The van der Waals surface area contributed by atoms with Gasteiger partial charge in [0.25, 0.3) is 0 Å². The third-order valence-electron chi connectivity index (χ3n) is 2.32. The Morgan fingerprint density at radius 3 is 2.05 bits per heavy atom. The van der Waals surface area contributed by atoms with E-state index in [4.69, 9.17) is 4.74 Å². The van der Waals surface area contributed by atoms with Crippen LogP contribution in [0.3, 0.4) is 0 Å². The molecule has 0 radical (unpaired) electrons. The highest BCUT2D eigenvalue weighted by Gasteiger charge is 2.45. The van der Waals surface area contributed by atoms with Crippen molar-refractivity contribution in [2.45, 2.75) is 12.4 Å². The van der Waals surface area contributed by atoms with Crippen molar-refractivity contribution in [1.82, 2.24) is 0 Å². The van der Waals surface area contributed by atoms with E-state index in [1.54, 1.807) is 0 Å². The van der Waals surface area contributed by atoms with Crippen LogP contribution in [0, 0.1) is 0 Å². The summed E-state index contributed by atoms with van der Waals surface area (Å²) in [5.74, 6) is -0.866. The Bertz CT molecular complexity index is 585. The second-order valence-electron chi connectivity index (χ2n) is 3.71. The molecule has 20 heavy (non-hydrogen) atoms. The molecule has 8 heteroatoms. The number of thiophene rings is 1. The van der Waals surface area contributed by atoms with E-state index in [1.165, 1.54) is 17.5 Å². The highest BCUT2D eigenvalue weighted by Crippen LogP contribution is 2.46. The Labute approximate surface area is 113 Å². The highest BCUT2D eigenvalue weighted by molar-refractivity contribution is 7.11. The predicted molar refractivity (Wildman–Crippen MR) is 60.8 cm³/mol. The quantitative estimate of drug-likeness (QED) is 0.658. The van der Waals surface area contributed by atoms with Gasteiger partial charge >= 0.3 is 12.4 Å². The van der Waals surface area contributed by atoms with E-state index < -0.39 is 29.2 Å². The molecule has 1 nitrogen and oxygen atoms in total. The van der Waals surface area contributed by atoms with Gasteiger partial charge in [-0.1, -0.05) is 6.07 Å². The van der Waals surface area contributed by atoms with Crippen LogP contribution in [0.2, 0.25) is 0 Å². The maximum absolute atomic E-state index is 12.9. The molecular weight excluding hydrogens is 306 g/mol. The zero-order chi connectivity index (χ0) is 15.0. The molecule has 108 valence electrons. The lowest BCUT2D eigenvalue weighted by molar-refractivity contribution is -0.162. The first-order valence-electron chi connectivity index (χ1n) is 5.18. The monoisotopic (exact) mass is 312 g/mol. The summed E-state index contributed by atoms with van der Waals surface area (Å²) in [5.41, 5.74) is -3.58. The summed E-state index contributed by atoms with van der Waals surface area (Å²) in [5, 5.41) is 1.62. The molecule has 2 aromatic rings. The minimum atomic E-state index is -5.17. The molecule has 0 aliphatic carbocycles. The molecule has 0 saturated heterocycles. The van der Waals surface area contributed by atoms with Gasteiger partial charge in [-0.05, 0) is 29.6 Å². The minimum Gasteiger partial charge on any atom is -0.446 e. The first-order chi connectivity index (χ1) is 9.19. The van der Waals surface area contributed by atoms with Crippen LogP contribution in [-0.4, -0.2) is 0 Å². The summed E-state index contributed by atoms with van der Waals surface area (Å²) in [6.45, 7) is 0. The molecule has 0 N–H and O–H groups in total. The molecule has 0 unspecified atom stereocenters. The van der Waals surface area contributed by atoms with Gasteiger partial charge in [-0.15, -0.1) is 11.3 Å². The van der Waals surface area contributed by atoms with Gasteiger partial charge in [0, 0.05) is 0 Å². The Kier molecular flexibility index (Phi) is 3.68. The first kappa shape index (κ1) is 14.7. The van der Waals surface area contributed by atoms with Crippen molar-refractivity contribution < 1.29 is 31.1 Å². The second kappa shape index (κ2) is 5.01. The van der Waals surface area contributed by atoms with Crippen molar-refractivity contribution in [3.63, 3.8) is 0 Å². The van der Waals surface area contributed by atoms with E-state index in [-0.39, 0.29) is 5.06 Å². The maximum Gasteiger partial charge on any atom is 0.420 e. The van der Waals surface area contributed by atoms with Crippen LogP contribution in [0.4, 0.5) is 26.3 Å². The van der Waals surface area contributed by atoms with Gasteiger partial charge in [0.05, 0.1) is 5.56 Å². The summed E-state index contributed by atoms with van der Waals surface area (Å²) >= 11 is 0.980. The van der Waals surface area contributed by atoms with Crippen LogP contribution in [-0.2, 0) is 12.4 Å². The molecule has 0 fully saturated rings. The van der Waals surface area contributed by atoms with Gasteiger partial charge < -0.3 is 4.74 Å². The van der Waals surface area contributed by atoms with E-state index in [0.717, 1.165) is 23.5 Å². The number of halogens is 6. The Balaban J connectivity index is 2.57. The zero-order valence-electron chi connectivity index (χ0n) is 9.55. The molecule has 2 rings (SSSR count). The SMILES string of the molecule is FC(F)(F)c1cccc(Oc2cccs2)c1C(F)(F)F. The third-order valence-corrected chi connectivity index (χ3v) is 3.07. The van der Waals surface area contributed by atoms with E-state index in [9.17, 15) is 26.3 Å². The van der Waals surface area contributed by atoms with Crippen molar-refractivity contribution in [2.75, 3.05) is 0 Å². The number of benzene rings is 1. The molecule has 1 aromatic heterocycles. The zero-order valence-corrected chi connectivity index (χ0v) is 10.4. The normalized spacial score (nSPS) is 12.5. The van der Waals surface area contributed by atoms with Crippen LogP contribution in [0.15, 0.2) is 35.7 Å². The fourth-order valence-electron chi connectivity index (χ4n) is 1.57. The van der Waals surface area contributed by atoms with Crippen molar-refractivity contribution in [2.24, 2.45) is 0 Å². The van der Waals surface area contributed by atoms with Gasteiger partial charge in [0.2, 0.25) is 0 Å². The van der Waals surface area contributed by atoms with Crippen molar-refractivity contribution in [3.05, 3.63) is 46.8 Å². The summed E-state index contributed by atoms with van der Waals surface area (Å²) in [6, 6.07) is 4.99. The Hall–Kier alpha value is -1.70. The molecule has 0 amide bonds. The molecule has 0 bridgehead atoms. The molecular formula is C12H6F6OS. The number of hydrogen-bond acceptors (Lipinski definition) is 2. The summed E-state index contributed by atoms with van der Waals surface area (Å²) in [7, 11) is 0. The largest absolute Gasteiger partial charge is 0.446 e. The lowest BCUT2D eigenvalue weighted by Gasteiger charge is -2.18. The minimum absolute atomic E-state index is 0.0785. The van der Waals surface area contributed by atoms with Crippen LogP contribution >= 0.6 is 11.3 Å². The van der Waals surface area contributed by atoms with Crippen molar-refractivity contribution in [3.8, 4) is 10.8 Å². The Morgan fingerprint density at radius 1 is 0.850 bits per heavy atom. The average Bonchev–Trinajstić information content (AvgIpc) is 2.79. The second-order valence-corrected chi connectivity index (χ2v) is 4.62.